The van der Waals surface area contributed by atoms with Gasteiger partial charge >= 0.3 is 5.97 Å². The maximum absolute atomic E-state index is 12.0. The Hall–Kier alpha value is -1.18. The van der Waals surface area contributed by atoms with E-state index in [9.17, 15) is 14.7 Å². The molecule has 2 rings (SSSR count). The predicted octanol–water partition coefficient (Wildman–Crippen LogP) is -0.808. The fraction of sp³-hybridized carbons (Fsp3) is 0.846. The zero-order chi connectivity index (χ0) is 14.5. The Morgan fingerprint density at radius 2 is 2.00 bits per heavy atom. The van der Waals surface area contributed by atoms with Gasteiger partial charge < -0.3 is 25.2 Å². The van der Waals surface area contributed by atoms with Crippen LogP contribution >= 0.6 is 0 Å². The number of amides is 1. The lowest BCUT2D eigenvalue weighted by atomic mass is 10.1. The molecule has 3 N–H and O–H groups in total. The van der Waals surface area contributed by atoms with E-state index in [4.69, 9.17) is 9.84 Å². The molecule has 2 atom stereocenters. The molecule has 7 nitrogen and oxygen atoms in total. The van der Waals surface area contributed by atoms with Crippen LogP contribution in [0, 0.1) is 0 Å². The Balaban J connectivity index is 1.74. The van der Waals surface area contributed by atoms with Crippen LogP contribution in [0.2, 0.25) is 0 Å². The molecule has 1 amide bonds. The number of nitrogens with zero attached hydrogens (tertiary/aromatic N) is 1. The number of hydrogen-bond donors (Lipinski definition) is 3. The monoisotopic (exact) mass is 286 g/mol. The number of carbonyl (C=O) groups is 2. The molecule has 0 aromatic rings. The molecule has 0 aromatic heterocycles. The number of rotatable bonds is 5. The first-order valence-electron chi connectivity index (χ1n) is 7.10. The molecule has 2 fully saturated rings. The summed E-state index contributed by atoms with van der Waals surface area (Å²) in [7, 11) is 0. The molecule has 20 heavy (non-hydrogen) atoms. The molecule has 0 aromatic carbocycles. The minimum absolute atomic E-state index is 0.100. The van der Waals surface area contributed by atoms with Crippen molar-refractivity contribution in [3.8, 4) is 0 Å². The van der Waals surface area contributed by atoms with Gasteiger partial charge in [0.05, 0.1) is 25.2 Å². The van der Waals surface area contributed by atoms with E-state index in [1.165, 1.54) is 4.90 Å². The lowest BCUT2D eigenvalue weighted by molar-refractivity contribution is -0.148. The molecular weight excluding hydrogens is 264 g/mol. The Morgan fingerprint density at radius 1 is 1.30 bits per heavy atom. The smallest absolute Gasteiger partial charge is 0.326 e. The largest absolute Gasteiger partial charge is 0.480 e. The zero-order valence-electron chi connectivity index (χ0n) is 11.5. The van der Waals surface area contributed by atoms with Crippen molar-refractivity contribution in [2.45, 2.75) is 43.9 Å². The number of β-amino-alcohol motifs (C(OH)–C–C–N with tert-alkyl or cyclic N) is 1. The van der Waals surface area contributed by atoms with Gasteiger partial charge in [0.25, 0.3) is 0 Å². The Bertz CT molecular complexity index is 357. The molecule has 7 heteroatoms. The van der Waals surface area contributed by atoms with E-state index in [1.54, 1.807) is 0 Å². The number of hydrogen-bond acceptors (Lipinski definition) is 5. The highest BCUT2D eigenvalue weighted by atomic mass is 16.5. The van der Waals surface area contributed by atoms with Crippen LogP contribution in [0.5, 0.6) is 0 Å². The molecular formula is C13H22N2O5. The minimum Gasteiger partial charge on any atom is -0.480 e. The second-order valence-electron chi connectivity index (χ2n) is 5.36. The van der Waals surface area contributed by atoms with Gasteiger partial charge in [0.1, 0.15) is 6.04 Å². The van der Waals surface area contributed by atoms with Crippen LogP contribution in [0.1, 0.15) is 25.7 Å². The van der Waals surface area contributed by atoms with Gasteiger partial charge in [0.15, 0.2) is 0 Å². The third-order valence-corrected chi connectivity index (χ3v) is 3.84. The molecule has 114 valence electrons. The van der Waals surface area contributed by atoms with Gasteiger partial charge in [-0.1, -0.05) is 0 Å². The standard InChI is InChI=1S/C13H22N2O5/c16-9-7-11(13(18)19)15(8-9)12(17)3-6-20-10-1-4-14-5-2-10/h9-11,14,16H,1-8H2,(H,18,19)/t9?,11-/m0/s1. The fourth-order valence-electron chi connectivity index (χ4n) is 2.74. The summed E-state index contributed by atoms with van der Waals surface area (Å²) in [6, 6.07) is -0.906. The van der Waals surface area contributed by atoms with Crippen molar-refractivity contribution in [1.82, 2.24) is 10.2 Å². The predicted molar refractivity (Wildman–Crippen MR) is 70.2 cm³/mol. The molecule has 0 bridgehead atoms. The van der Waals surface area contributed by atoms with Crippen molar-refractivity contribution in [3.63, 3.8) is 0 Å². The van der Waals surface area contributed by atoms with E-state index in [0.29, 0.717) is 6.61 Å². The maximum Gasteiger partial charge on any atom is 0.326 e. The minimum atomic E-state index is -1.06. The van der Waals surface area contributed by atoms with Crippen LogP contribution in [0.4, 0.5) is 0 Å². The molecule has 0 aliphatic carbocycles. The number of aliphatic hydroxyl groups excluding tert-OH is 1. The van der Waals surface area contributed by atoms with Gasteiger partial charge in [-0.15, -0.1) is 0 Å². The highest BCUT2D eigenvalue weighted by molar-refractivity contribution is 5.84. The average molecular weight is 286 g/mol. The van der Waals surface area contributed by atoms with E-state index in [2.05, 4.69) is 5.32 Å². The number of aliphatic hydroxyl groups is 1. The van der Waals surface area contributed by atoms with Gasteiger partial charge in [-0.05, 0) is 25.9 Å². The third-order valence-electron chi connectivity index (χ3n) is 3.84. The fourth-order valence-corrected chi connectivity index (χ4v) is 2.74. The van der Waals surface area contributed by atoms with Crippen LogP contribution in [-0.2, 0) is 14.3 Å². The molecule has 2 aliphatic rings. The second kappa shape index (κ2) is 7.01. The first-order valence-corrected chi connectivity index (χ1v) is 7.10. The summed E-state index contributed by atoms with van der Waals surface area (Å²) in [5, 5.41) is 21.8. The van der Waals surface area contributed by atoms with Gasteiger partial charge in [-0.2, -0.15) is 0 Å². The zero-order valence-corrected chi connectivity index (χ0v) is 11.5. The van der Waals surface area contributed by atoms with Crippen LogP contribution in [-0.4, -0.2) is 71.5 Å². The number of carboxylic acids is 1. The lowest BCUT2D eigenvalue weighted by Crippen LogP contribution is -2.41. The molecule has 0 radical (unpaired) electrons. The summed E-state index contributed by atoms with van der Waals surface area (Å²) in [6.45, 7) is 2.27. The van der Waals surface area contributed by atoms with Crippen molar-refractivity contribution in [3.05, 3.63) is 0 Å². The molecule has 1 unspecified atom stereocenters. The van der Waals surface area contributed by atoms with E-state index >= 15 is 0 Å². The number of nitrogens with one attached hydrogen (secondary N) is 1. The Kier molecular flexibility index (Phi) is 5.33. The van der Waals surface area contributed by atoms with E-state index in [0.717, 1.165) is 25.9 Å². The van der Waals surface area contributed by atoms with Crippen molar-refractivity contribution in [2.24, 2.45) is 0 Å². The normalized spacial score (nSPS) is 27.8. The summed E-state index contributed by atoms with van der Waals surface area (Å²) in [5.41, 5.74) is 0. The first kappa shape index (κ1) is 15.2. The quantitative estimate of drug-likeness (QED) is 0.611. The van der Waals surface area contributed by atoms with Crippen LogP contribution < -0.4 is 5.32 Å². The molecule has 2 aliphatic heterocycles. The number of piperidine rings is 1. The summed E-state index contributed by atoms with van der Waals surface area (Å²) in [5.74, 6) is -1.32. The van der Waals surface area contributed by atoms with E-state index in [-0.39, 0.29) is 31.4 Å². The van der Waals surface area contributed by atoms with Crippen LogP contribution in [0.15, 0.2) is 0 Å². The van der Waals surface area contributed by atoms with Crippen molar-refractivity contribution < 1.29 is 24.5 Å². The number of likely N-dealkylation sites (tertiary alicyclic amines) is 1. The molecule has 0 saturated carbocycles. The summed E-state index contributed by atoms with van der Waals surface area (Å²) in [6.07, 6.45) is 1.59. The average Bonchev–Trinajstić information content (AvgIpc) is 2.82. The summed E-state index contributed by atoms with van der Waals surface area (Å²) < 4.78 is 5.64. The van der Waals surface area contributed by atoms with Crippen LogP contribution in [0.25, 0.3) is 0 Å². The van der Waals surface area contributed by atoms with Gasteiger partial charge in [-0.3, -0.25) is 4.79 Å². The van der Waals surface area contributed by atoms with E-state index in [1.807, 2.05) is 0 Å². The second-order valence-corrected chi connectivity index (χ2v) is 5.36. The highest BCUT2D eigenvalue weighted by Crippen LogP contribution is 2.19. The summed E-state index contributed by atoms with van der Waals surface area (Å²) >= 11 is 0. The number of carbonyl (C=O) groups excluding carboxylic acids is 1. The highest BCUT2D eigenvalue weighted by Gasteiger charge is 2.38. The van der Waals surface area contributed by atoms with Gasteiger partial charge in [0.2, 0.25) is 5.91 Å². The molecule has 0 spiro atoms. The molecule has 2 heterocycles. The lowest BCUT2D eigenvalue weighted by Gasteiger charge is -2.24. The Morgan fingerprint density at radius 3 is 2.65 bits per heavy atom. The van der Waals surface area contributed by atoms with Gasteiger partial charge in [-0.25, -0.2) is 4.79 Å². The van der Waals surface area contributed by atoms with Gasteiger partial charge in [0, 0.05) is 13.0 Å². The number of carboxylic acid groups (broad SMARTS) is 1. The number of aliphatic carboxylic acids is 1. The number of ether oxygens (including phenoxy) is 1. The maximum atomic E-state index is 12.0. The van der Waals surface area contributed by atoms with E-state index < -0.39 is 18.1 Å². The molecule has 2 saturated heterocycles. The third kappa shape index (κ3) is 3.91. The van der Waals surface area contributed by atoms with Crippen LogP contribution in [0.3, 0.4) is 0 Å². The van der Waals surface area contributed by atoms with Crippen molar-refractivity contribution in [2.75, 3.05) is 26.2 Å². The summed E-state index contributed by atoms with van der Waals surface area (Å²) in [4.78, 5) is 24.3. The SMILES string of the molecule is O=C(O)[C@@H]1CC(O)CN1C(=O)CCOC1CCNCC1. The first-order chi connectivity index (χ1) is 9.58. The van der Waals surface area contributed by atoms with Crippen molar-refractivity contribution in [1.29, 1.82) is 0 Å². The topological polar surface area (TPSA) is 99.1 Å². The van der Waals surface area contributed by atoms with Crippen molar-refractivity contribution >= 4 is 11.9 Å². The Labute approximate surface area is 117 Å².